The van der Waals surface area contributed by atoms with Crippen LogP contribution in [0.2, 0.25) is 13.1 Å². The Bertz CT molecular complexity index is 917. The molecule has 142 valence electrons. The van der Waals surface area contributed by atoms with Gasteiger partial charge in [-0.25, -0.2) is 0 Å². The molecule has 28 heavy (non-hydrogen) atoms. The molecule has 0 amide bonds. The van der Waals surface area contributed by atoms with E-state index in [9.17, 15) is 4.79 Å². The van der Waals surface area contributed by atoms with Gasteiger partial charge in [-0.3, -0.25) is 4.79 Å². The van der Waals surface area contributed by atoms with Crippen LogP contribution >= 0.6 is 0 Å². The zero-order valence-corrected chi connectivity index (χ0v) is 17.5. The summed E-state index contributed by atoms with van der Waals surface area (Å²) in [7, 11) is -2.00. The van der Waals surface area contributed by atoms with Crippen LogP contribution in [0.5, 0.6) is 0 Å². The van der Waals surface area contributed by atoms with Crippen LogP contribution < -0.4 is 5.19 Å². The zero-order chi connectivity index (χ0) is 19.8. The van der Waals surface area contributed by atoms with Crippen molar-refractivity contribution < 1.29 is 9.53 Å². The molecule has 3 aromatic carbocycles. The number of carbonyl (C=O) groups excluding carboxylic acids is 1. The molecule has 2 nitrogen and oxygen atoms in total. The van der Waals surface area contributed by atoms with Gasteiger partial charge in [-0.05, 0) is 11.1 Å². The molecular weight excluding hydrogens is 360 g/mol. The lowest BCUT2D eigenvalue weighted by Crippen LogP contribution is -2.44. The fourth-order valence-electron chi connectivity index (χ4n) is 3.19. The van der Waals surface area contributed by atoms with Crippen LogP contribution in [-0.4, -0.2) is 14.0 Å². The van der Waals surface area contributed by atoms with Gasteiger partial charge in [-0.15, -0.1) is 0 Å². The Balaban J connectivity index is 1.82. The van der Waals surface area contributed by atoms with Gasteiger partial charge in [0, 0.05) is 0 Å². The normalized spacial score (nSPS) is 11.9. The molecule has 0 unspecified atom stereocenters. The third-order valence-corrected chi connectivity index (χ3v) is 8.72. The molecule has 0 aliphatic carbocycles. The second kappa shape index (κ2) is 9.33. The molecule has 0 heterocycles. The van der Waals surface area contributed by atoms with E-state index in [1.807, 2.05) is 54.6 Å². The van der Waals surface area contributed by atoms with E-state index in [1.54, 1.807) is 0 Å². The van der Waals surface area contributed by atoms with Crippen molar-refractivity contribution in [2.75, 3.05) is 0 Å². The van der Waals surface area contributed by atoms with Crippen LogP contribution in [0.4, 0.5) is 0 Å². The fraction of sp³-hybridized carbons (Fsp3) is 0.160. The molecule has 0 fully saturated rings. The van der Waals surface area contributed by atoms with E-state index < -0.39 is 8.07 Å². The van der Waals surface area contributed by atoms with Crippen LogP contribution in [0.25, 0.3) is 6.08 Å². The molecule has 3 aromatic rings. The van der Waals surface area contributed by atoms with E-state index in [1.165, 1.54) is 10.4 Å². The van der Waals surface area contributed by atoms with Crippen molar-refractivity contribution in [2.45, 2.75) is 26.1 Å². The fourth-order valence-corrected chi connectivity index (χ4v) is 5.70. The third-order valence-electron chi connectivity index (χ3n) is 5.02. The van der Waals surface area contributed by atoms with E-state index in [-0.39, 0.29) is 5.97 Å². The summed E-state index contributed by atoms with van der Waals surface area (Å²) in [4.78, 5) is 12.7. The molecule has 0 saturated heterocycles. The monoisotopic (exact) mass is 386 g/mol. The predicted molar refractivity (Wildman–Crippen MR) is 119 cm³/mol. The second-order valence-corrected chi connectivity index (χ2v) is 11.9. The van der Waals surface area contributed by atoms with Gasteiger partial charge < -0.3 is 4.74 Å². The van der Waals surface area contributed by atoms with Gasteiger partial charge in [0.1, 0.15) is 14.7 Å². The van der Waals surface area contributed by atoms with Crippen LogP contribution in [0.3, 0.4) is 0 Å². The van der Waals surface area contributed by atoms with Crippen LogP contribution in [0, 0.1) is 0 Å². The molecule has 0 aliphatic rings. The summed E-state index contributed by atoms with van der Waals surface area (Å²) >= 11 is 0. The first-order valence-electron chi connectivity index (χ1n) is 9.57. The van der Waals surface area contributed by atoms with Crippen molar-refractivity contribution in [2.24, 2.45) is 0 Å². The summed E-state index contributed by atoms with van der Waals surface area (Å²) in [6.45, 7) is 4.90. The minimum Gasteiger partial charge on any atom is -0.461 e. The number of benzene rings is 3. The molecule has 3 rings (SSSR count). The molecule has 0 aliphatic heterocycles. The minimum absolute atomic E-state index is 0.178. The first kappa shape index (κ1) is 19.8. The number of rotatable bonds is 7. The smallest absolute Gasteiger partial charge is 0.309 e. The first-order valence-corrected chi connectivity index (χ1v) is 12.6. The predicted octanol–water partition coefficient (Wildman–Crippen LogP) is 5.36. The summed E-state index contributed by atoms with van der Waals surface area (Å²) in [5, 5.41) is 2.48. The summed E-state index contributed by atoms with van der Waals surface area (Å²) in [5.74, 6) is -0.178. The van der Waals surface area contributed by atoms with E-state index in [2.05, 4.69) is 55.6 Å². The maximum absolute atomic E-state index is 12.7. The van der Waals surface area contributed by atoms with Crippen LogP contribution in [0.1, 0.15) is 17.5 Å². The summed E-state index contributed by atoms with van der Waals surface area (Å²) in [6, 6.07) is 30.5. The minimum atomic E-state index is -2.00. The highest BCUT2D eigenvalue weighted by Crippen LogP contribution is 2.23. The van der Waals surface area contributed by atoms with Crippen LogP contribution in [-0.2, 0) is 16.1 Å². The maximum atomic E-state index is 12.7. The third kappa shape index (κ3) is 5.30. The Kier molecular flexibility index (Phi) is 6.61. The average Bonchev–Trinajstić information content (AvgIpc) is 2.74. The molecular formula is C25H26O2Si. The lowest BCUT2D eigenvalue weighted by molar-refractivity contribution is -0.143. The number of esters is 1. The Morgan fingerprint density at radius 2 is 1.36 bits per heavy atom. The quantitative estimate of drug-likeness (QED) is 0.404. The highest BCUT2D eigenvalue weighted by molar-refractivity contribution is 6.96. The van der Waals surface area contributed by atoms with Crippen molar-refractivity contribution >= 4 is 25.3 Å². The first-order chi connectivity index (χ1) is 13.6. The van der Waals surface area contributed by atoms with Gasteiger partial charge in [-0.2, -0.15) is 0 Å². The molecule has 0 radical (unpaired) electrons. The van der Waals surface area contributed by atoms with Gasteiger partial charge in [0.05, 0.1) is 6.42 Å². The van der Waals surface area contributed by atoms with Gasteiger partial charge >= 0.3 is 5.97 Å². The molecule has 0 saturated carbocycles. The molecule has 0 bridgehead atoms. The second-order valence-electron chi connectivity index (χ2n) is 7.39. The van der Waals surface area contributed by atoms with Crippen molar-refractivity contribution in [3.63, 3.8) is 0 Å². The van der Waals surface area contributed by atoms with E-state index in [4.69, 9.17) is 4.74 Å². The van der Waals surface area contributed by atoms with Gasteiger partial charge in [0.25, 0.3) is 0 Å². The number of hydrogen-bond donors (Lipinski definition) is 0. The maximum Gasteiger partial charge on any atom is 0.309 e. The van der Waals surface area contributed by atoms with Gasteiger partial charge in [0.2, 0.25) is 0 Å². The number of ether oxygens (including phenoxy) is 1. The Hall–Kier alpha value is -2.91. The largest absolute Gasteiger partial charge is 0.461 e. The van der Waals surface area contributed by atoms with Gasteiger partial charge in [-0.1, -0.05) is 121 Å². The summed E-state index contributed by atoms with van der Waals surface area (Å²) in [6.07, 6.45) is 2.48. The average molecular weight is 387 g/mol. The lowest BCUT2D eigenvalue weighted by atomic mass is 10.2. The van der Waals surface area contributed by atoms with Crippen LogP contribution in [0.15, 0.2) is 96.2 Å². The van der Waals surface area contributed by atoms with Crippen molar-refractivity contribution in [3.8, 4) is 0 Å². The van der Waals surface area contributed by atoms with Gasteiger partial charge in [0.15, 0.2) is 0 Å². The van der Waals surface area contributed by atoms with E-state index in [0.717, 1.165) is 11.1 Å². The molecule has 3 heteroatoms. The molecule has 0 N–H and O–H groups in total. The standard InChI is InChI=1S/C25H26O2Si/c1-28(2,23-16-10-5-11-17-23)24(18-21-12-6-3-7-13-21)19-25(26)27-20-22-14-8-4-9-15-22/h3-18H,19-20H2,1-2H3/b24-18+. The number of hydrogen-bond acceptors (Lipinski definition) is 2. The lowest BCUT2D eigenvalue weighted by Gasteiger charge is -2.26. The number of carbonyl (C=O) groups is 1. The SMILES string of the molecule is C[Si](C)(/C(=C/c1ccccc1)CC(=O)OCc1ccccc1)c1ccccc1. The summed E-state index contributed by atoms with van der Waals surface area (Å²) < 4.78 is 5.57. The molecule has 0 atom stereocenters. The van der Waals surface area contributed by atoms with Crippen molar-refractivity contribution in [1.29, 1.82) is 0 Å². The topological polar surface area (TPSA) is 26.3 Å². The molecule has 0 aromatic heterocycles. The van der Waals surface area contributed by atoms with Crippen molar-refractivity contribution in [3.05, 3.63) is 107 Å². The Morgan fingerprint density at radius 1 is 0.821 bits per heavy atom. The summed E-state index contributed by atoms with van der Waals surface area (Å²) in [5.41, 5.74) is 2.12. The highest BCUT2D eigenvalue weighted by Gasteiger charge is 2.30. The highest BCUT2D eigenvalue weighted by atomic mass is 28.3. The van der Waals surface area contributed by atoms with E-state index in [0.29, 0.717) is 13.0 Å². The Morgan fingerprint density at radius 3 is 1.96 bits per heavy atom. The van der Waals surface area contributed by atoms with E-state index >= 15 is 0 Å². The zero-order valence-electron chi connectivity index (χ0n) is 16.5. The Labute approximate surface area is 168 Å². The van der Waals surface area contributed by atoms with Crippen molar-refractivity contribution in [1.82, 2.24) is 0 Å². The molecule has 0 spiro atoms.